The lowest BCUT2D eigenvalue weighted by atomic mass is 9.99. The fourth-order valence-electron chi connectivity index (χ4n) is 1.83. The number of rotatable bonds is 4. The molecule has 100 valence electrons. The highest BCUT2D eigenvalue weighted by molar-refractivity contribution is 6.31. The highest BCUT2D eigenvalue weighted by atomic mass is 35.5. The van der Waals surface area contributed by atoms with Crippen LogP contribution in [0.5, 0.6) is 0 Å². The Morgan fingerprint density at radius 2 is 2.11 bits per heavy atom. The first-order chi connectivity index (χ1) is 9.11. The van der Waals surface area contributed by atoms with Crippen LogP contribution < -0.4 is 11.3 Å². The molecule has 1 unspecified atom stereocenters. The Kier molecular flexibility index (Phi) is 4.42. The number of nitrogens with one attached hydrogen (secondary N) is 1. The highest BCUT2D eigenvalue weighted by Crippen LogP contribution is 2.24. The number of halogens is 3. The largest absolute Gasteiger partial charge is 0.271 e. The molecule has 0 aliphatic carbocycles. The van der Waals surface area contributed by atoms with Crippen LogP contribution in [0.3, 0.4) is 0 Å². The fraction of sp³-hybridized carbons (Fsp3) is 0.154. The van der Waals surface area contributed by atoms with Crippen LogP contribution in [0.15, 0.2) is 36.7 Å². The van der Waals surface area contributed by atoms with E-state index >= 15 is 0 Å². The minimum atomic E-state index is -0.574. The third-order valence-corrected chi connectivity index (χ3v) is 3.16. The van der Waals surface area contributed by atoms with E-state index in [0.29, 0.717) is 11.4 Å². The van der Waals surface area contributed by atoms with Gasteiger partial charge in [-0.1, -0.05) is 11.6 Å². The summed E-state index contributed by atoms with van der Waals surface area (Å²) in [5.41, 5.74) is 3.39. The summed E-state index contributed by atoms with van der Waals surface area (Å²) in [7, 11) is 0. The van der Waals surface area contributed by atoms with Gasteiger partial charge in [0, 0.05) is 18.0 Å². The summed E-state index contributed by atoms with van der Waals surface area (Å²) in [6, 6.07) is 4.39. The number of hydrazine groups is 1. The van der Waals surface area contributed by atoms with E-state index in [1.54, 1.807) is 12.3 Å². The number of benzene rings is 1. The molecule has 1 aromatic carbocycles. The topological polar surface area (TPSA) is 50.9 Å². The summed E-state index contributed by atoms with van der Waals surface area (Å²) < 4.78 is 26.9. The first kappa shape index (κ1) is 13.9. The summed E-state index contributed by atoms with van der Waals surface area (Å²) >= 11 is 5.98. The lowest BCUT2D eigenvalue weighted by molar-refractivity contribution is 0.502. The molecule has 0 aliphatic rings. The highest BCUT2D eigenvalue weighted by Gasteiger charge is 2.17. The maximum absolute atomic E-state index is 13.7. The number of nitrogens with two attached hydrogens (primary N) is 1. The first-order valence-electron chi connectivity index (χ1n) is 5.61. The SMILES string of the molecule is NNC(Cc1ccncc1Cl)c1cc(F)ccc1F. The van der Waals surface area contributed by atoms with Gasteiger partial charge in [-0.3, -0.25) is 16.3 Å². The standard InChI is InChI=1S/C13H12ClF2N3/c14-11-7-18-4-3-8(11)5-13(19-17)10-6-9(15)1-2-12(10)16/h1-4,6-7,13,19H,5,17H2. The number of hydrogen-bond donors (Lipinski definition) is 2. The molecule has 1 heterocycles. The van der Waals surface area contributed by atoms with E-state index in [2.05, 4.69) is 10.4 Å². The Hall–Kier alpha value is -1.56. The molecular weight excluding hydrogens is 272 g/mol. The summed E-state index contributed by atoms with van der Waals surface area (Å²) in [6.07, 6.45) is 3.40. The molecule has 0 spiro atoms. The van der Waals surface area contributed by atoms with Gasteiger partial charge in [0.2, 0.25) is 0 Å². The Morgan fingerprint density at radius 3 is 2.79 bits per heavy atom. The lowest BCUT2D eigenvalue weighted by Crippen LogP contribution is -2.30. The van der Waals surface area contributed by atoms with Gasteiger partial charge in [0.25, 0.3) is 0 Å². The van der Waals surface area contributed by atoms with E-state index < -0.39 is 17.7 Å². The van der Waals surface area contributed by atoms with Gasteiger partial charge in [-0.2, -0.15) is 0 Å². The maximum Gasteiger partial charge on any atom is 0.128 e. The van der Waals surface area contributed by atoms with Gasteiger partial charge >= 0.3 is 0 Å². The van der Waals surface area contributed by atoms with Gasteiger partial charge in [-0.25, -0.2) is 8.78 Å². The molecule has 0 aliphatic heterocycles. The molecule has 1 aromatic heterocycles. The summed E-state index contributed by atoms with van der Waals surface area (Å²) in [5, 5.41) is 0.458. The quantitative estimate of drug-likeness (QED) is 0.670. The van der Waals surface area contributed by atoms with Crippen molar-refractivity contribution in [3.8, 4) is 0 Å². The van der Waals surface area contributed by atoms with E-state index in [-0.39, 0.29) is 5.56 Å². The summed E-state index contributed by atoms with van der Waals surface area (Å²) in [6.45, 7) is 0. The van der Waals surface area contributed by atoms with Crippen LogP contribution >= 0.6 is 11.6 Å². The van der Waals surface area contributed by atoms with Crippen molar-refractivity contribution in [2.45, 2.75) is 12.5 Å². The maximum atomic E-state index is 13.7. The zero-order valence-electron chi connectivity index (χ0n) is 9.91. The Bertz CT molecular complexity index is 578. The second-order valence-electron chi connectivity index (χ2n) is 4.06. The average Bonchev–Trinajstić information content (AvgIpc) is 2.41. The minimum Gasteiger partial charge on any atom is -0.271 e. The number of pyridine rings is 1. The zero-order chi connectivity index (χ0) is 13.8. The van der Waals surface area contributed by atoms with Gasteiger partial charge in [-0.15, -0.1) is 0 Å². The first-order valence-corrected chi connectivity index (χ1v) is 5.99. The van der Waals surface area contributed by atoms with E-state index in [4.69, 9.17) is 17.4 Å². The average molecular weight is 284 g/mol. The van der Waals surface area contributed by atoms with E-state index in [0.717, 1.165) is 23.8 Å². The molecule has 19 heavy (non-hydrogen) atoms. The van der Waals surface area contributed by atoms with Gasteiger partial charge in [0.05, 0.1) is 11.1 Å². The second kappa shape index (κ2) is 6.06. The van der Waals surface area contributed by atoms with Crippen molar-refractivity contribution in [3.63, 3.8) is 0 Å². The molecule has 1 atom stereocenters. The molecule has 0 radical (unpaired) electrons. The molecule has 2 aromatic rings. The molecule has 6 heteroatoms. The van der Waals surface area contributed by atoms with Crippen molar-refractivity contribution >= 4 is 11.6 Å². The molecule has 0 saturated heterocycles. The number of hydrogen-bond acceptors (Lipinski definition) is 3. The van der Waals surface area contributed by atoms with Crippen molar-refractivity contribution in [2.24, 2.45) is 5.84 Å². The van der Waals surface area contributed by atoms with Crippen molar-refractivity contribution in [2.75, 3.05) is 0 Å². The molecule has 0 fully saturated rings. The number of aromatic nitrogens is 1. The van der Waals surface area contributed by atoms with Crippen LogP contribution in [0.2, 0.25) is 5.02 Å². The van der Waals surface area contributed by atoms with Gasteiger partial charge in [0.15, 0.2) is 0 Å². The monoisotopic (exact) mass is 283 g/mol. The molecule has 0 bridgehead atoms. The van der Waals surface area contributed by atoms with Crippen LogP contribution in [0.4, 0.5) is 8.78 Å². The van der Waals surface area contributed by atoms with E-state index in [1.165, 1.54) is 6.20 Å². The molecule has 0 amide bonds. The predicted octanol–water partition coefficient (Wildman–Crippen LogP) is 2.76. The smallest absolute Gasteiger partial charge is 0.128 e. The Morgan fingerprint density at radius 1 is 1.32 bits per heavy atom. The van der Waals surface area contributed by atoms with Gasteiger partial charge in [0.1, 0.15) is 11.6 Å². The number of nitrogens with zero attached hydrogens (tertiary/aromatic N) is 1. The van der Waals surface area contributed by atoms with E-state index in [9.17, 15) is 8.78 Å². The molecular formula is C13H12ClF2N3. The third kappa shape index (κ3) is 3.26. The molecule has 3 nitrogen and oxygen atoms in total. The fourth-order valence-corrected chi connectivity index (χ4v) is 2.03. The van der Waals surface area contributed by atoms with Crippen LogP contribution in [-0.4, -0.2) is 4.98 Å². The van der Waals surface area contributed by atoms with Crippen LogP contribution in [0.1, 0.15) is 17.2 Å². The summed E-state index contributed by atoms with van der Waals surface area (Å²) in [4.78, 5) is 3.86. The molecule has 3 N–H and O–H groups in total. The minimum absolute atomic E-state index is 0.162. The van der Waals surface area contributed by atoms with Gasteiger partial charge < -0.3 is 0 Å². The second-order valence-corrected chi connectivity index (χ2v) is 4.46. The predicted molar refractivity (Wildman–Crippen MR) is 69.4 cm³/mol. The van der Waals surface area contributed by atoms with Crippen LogP contribution in [-0.2, 0) is 6.42 Å². The van der Waals surface area contributed by atoms with Crippen molar-refractivity contribution < 1.29 is 8.78 Å². The van der Waals surface area contributed by atoms with Crippen LogP contribution in [0, 0.1) is 11.6 Å². The molecule has 2 rings (SSSR count). The third-order valence-electron chi connectivity index (χ3n) is 2.82. The molecule has 0 saturated carbocycles. The van der Waals surface area contributed by atoms with Gasteiger partial charge in [-0.05, 0) is 36.2 Å². The Balaban J connectivity index is 2.30. The Labute approximate surface area is 114 Å². The van der Waals surface area contributed by atoms with Crippen LogP contribution in [0.25, 0.3) is 0 Å². The zero-order valence-corrected chi connectivity index (χ0v) is 10.7. The van der Waals surface area contributed by atoms with Crippen molar-refractivity contribution in [1.82, 2.24) is 10.4 Å². The van der Waals surface area contributed by atoms with Crippen molar-refractivity contribution in [1.29, 1.82) is 0 Å². The van der Waals surface area contributed by atoms with E-state index in [1.807, 2.05) is 0 Å². The summed E-state index contributed by atoms with van der Waals surface area (Å²) in [5.74, 6) is 4.39. The normalized spacial score (nSPS) is 12.4. The van der Waals surface area contributed by atoms with Crippen molar-refractivity contribution in [3.05, 3.63) is 64.4 Å². The lowest BCUT2D eigenvalue weighted by Gasteiger charge is -2.17.